The first-order chi connectivity index (χ1) is 7.33. The van der Waals surface area contributed by atoms with E-state index >= 15 is 0 Å². The van der Waals surface area contributed by atoms with Gasteiger partial charge in [-0.3, -0.25) is 0 Å². The molecule has 7 heteroatoms. The summed E-state index contributed by atoms with van der Waals surface area (Å²) in [6.07, 6.45) is 2.39. The molecule has 16 heavy (non-hydrogen) atoms. The molecule has 6 nitrogen and oxygen atoms in total. The molecular weight excluding hydrogens is 230 g/mol. The predicted molar refractivity (Wildman–Crippen MR) is 60.3 cm³/mol. The average Bonchev–Trinajstić information content (AvgIpc) is 2.61. The number of nitrogens with zero attached hydrogens (tertiary/aromatic N) is 1. The molecule has 0 bridgehead atoms. The Morgan fingerprint density at radius 1 is 1.62 bits per heavy atom. The SMILES string of the molecule is CC(O)C(N)CNS(=O)(=O)c1ccn(C)c1. The van der Waals surface area contributed by atoms with E-state index in [1.54, 1.807) is 17.8 Å². The highest BCUT2D eigenvalue weighted by molar-refractivity contribution is 7.89. The van der Waals surface area contributed by atoms with Gasteiger partial charge in [0.25, 0.3) is 0 Å². The predicted octanol–water partition coefficient (Wildman–Crippen LogP) is -0.988. The van der Waals surface area contributed by atoms with Gasteiger partial charge in [0, 0.05) is 32.0 Å². The summed E-state index contributed by atoms with van der Waals surface area (Å²) in [6.45, 7) is 1.52. The van der Waals surface area contributed by atoms with Crippen molar-refractivity contribution in [2.75, 3.05) is 6.54 Å². The average molecular weight is 247 g/mol. The first kappa shape index (κ1) is 13.2. The minimum absolute atomic E-state index is 0.00882. The summed E-state index contributed by atoms with van der Waals surface area (Å²) in [6, 6.07) is 0.884. The van der Waals surface area contributed by atoms with Crippen LogP contribution < -0.4 is 10.5 Å². The van der Waals surface area contributed by atoms with E-state index in [2.05, 4.69) is 4.72 Å². The Balaban J connectivity index is 2.67. The molecule has 4 N–H and O–H groups in total. The van der Waals surface area contributed by atoms with Gasteiger partial charge in [0.05, 0.1) is 11.0 Å². The zero-order chi connectivity index (χ0) is 12.3. The van der Waals surface area contributed by atoms with Gasteiger partial charge in [-0.25, -0.2) is 13.1 Å². The molecule has 0 radical (unpaired) electrons. The van der Waals surface area contributed by atoms with Crippen molar-refractivity contribution in [2.24, 2.45) is 12.8 Å². The second-order valence-electron chi connectivity index (χ2n) is 3.77. The standard InChI is InChI=1S/C9H17N3O3S/c1-7(13)9(10)5-11-16(14,15)8-3-4-12(2)6-8/h3-4,6-7,9,11,13H,5,10H2,1-2H3. The van der Waals surface area contributed by atoms with Crippen molar-refractivity contribution in [1.29, 1.82) is 0 Å². The summed E-state index contributed by atoms with van der Waals surface area (Å²) in [5.74, 6) is 0. The van der Waals surface area contributed by atoms with Crippen molar-refractivity contribution in [1.82, 2.24) is 9.29 Å². The third kappa shape index (κ3) is 3.31. The van der Waals surface area contributed by atoms with Crippen molar-refractivity contribution < 1.29 is 13.5 Å². The van der Waals surface area contributed by atoms with Crippen LogP contribution in [0.25, 0.3) is 0 Å². The zero-order valence-electron chi connectivity index (χ0n) is 9.29. The largest absolute Gasteiger partial charge is 0.392 e. The third-order valence-corrected chi connectivity index (χ3v) is 3.65. The topological polar surface area (TPSA) is 97.3 Å². The smallest absolute Gasteiger partial charge is 0.242 e. The van der Waals surface area contributed by atoms with E-state index < -0.39 is 22.2 Å². The monoisotopic (exact) mass is 247 g/mol. The molecule has 0 aliphatic rings. The molecule has 0 fully saturated rings. The van der Waals surface area contributed by atoms with Gasteiger partial charge in [-0.2, -0.15) is 0 Å². The van der Waals surface area contributed by atoms with Gasteiger partial charge >= 0.3 is 0 Å². The van der Waals surface area contributed by atoms with Crippen LogP contribution in [0.4, 0.5) is 0 Å². The van der Waals surface area contributed by atoms with Crippen molar-refractivity contribution in [3.8, 4) is 0 Å². The molecule has 0 aliphatic heterocycles. The van der Waals surface area contributed by atoms with Gasteiger partial charge in [-0.05, 0) is 13.0 Å². The molecule has 0 aliphatic carbocycles. The van der Waals surface area contributed by atoms with Crippen LogP contribution in [0.3, 0.4) is 0 Å². The summed E-state index contributed by atoms with van der Waals surface area (Å²) in [7, 11) is -1.79. The minimum Gasteiger partial charge on any atom is -0.392 e. The van der Waals surface area contributed by atoms with Crippen LogP contribution in [0.1, 0.15) is 6.92 Å². The quantitative estimate of drug-likeness (QED) is 0.622. The van der Waals surface area contributed by atoms with E-state index in [9.17, 15) is 8.42 Å². The lowest BCUT2D eigenvalue weighted by Crippen LogP contribution is -2.43. The lowest BCUT2D eigenvalue weighted by atomic mass is 10.2. The Morgan fingerprint density at radius 2 is 2.25 bits per heavy atom. The molecule has 0 saturated heterocycles. The van der Waals surface area contributed by atoms with Crippen LogP contribution >= 0.6 is 0 Å². The molecule has 0 saturated carbocycles. The first-order valence-corrected chi connectivity index (χ1v) is 6.36. The second kappa shape index (κ2) is 4.96. The summed E-state index contributed by atoms with van der Waals surface area (Å²) in [5.41, 5.74) is 5.52. The van der Waals surface area contributed by atoms with Gasteiger partial charge in [0.2, 0.25) is 10.0 Å². The van der Waals surface area contributed by atoms with Crippen molar-refractivity contribution in [2.45, 2.75) is 24.0 Å². The molecule has 0 spiro atoms. The molecule has 0 amide bonds. The number of aliphatic hydroxyl groups excluding tert-OH is 1. The van der Waals surface area contributed by atoms with Crippen molar-refractivity contribution >= 4 is 10.0 Å². The number of aromatic nitrogens is 1. The van der Waals surface area contributed by atoms with E-state index in [-0.39, 0.29) is 11.4 Å². The van der Waals surface area contributed by atoms with Crippen LogP contribution in [0, 0.1) is 0 Å². The number of aryl methyl sites for hydroxylation is 1. The Hall–Kier alpha value is -0.890. The fourth-order valence-electron chi connectivity index (χ4n) is 1.10. The Bertz CT molecular complexity index is 439. The van der Waals surface area contributed by atoms with Gasteiger partial charge < -0.3 is 15.4 Å². The third-order valence-electron chi connectivity index (χ3n) is 2.24. The van der Waals surface area contributed by atoms with Gasteiger partial charge in [0.1, 0.15) is 0 Å². The number of hydrogen-bond donors (Lipinski definition) is 3. The Morgan fingerprint density at radius 3 is 2.69 bits per heavy atom. The van der Waals surface area contributed by atoms with E-state index in [0.29, 0.717) is 0 Å². The molecule has 0 aromatic carbocycles. The highest BCUT2D eigenvalue weighted by Crippen LogP contribution is 2.07. The van der Waals surface area contributed by atoms with Crippen LogP contribution in [-0.2, 0) is 17.1 Å². The number of aliphatic hydroxyl groups is 1. The molecule has 92 valence electrons. The molecule has 2 unspecified atom stereocenters. The highest BCUT2D eigenvalue weighted by atomic mass is 32.2. The van der Waals surface area contributed by atoms with E-state index in [1.807, 2.05) is 0 Å². The lowest BCUT2D eigenvalue weighted by molar-refractivity contribution is 0.164. The Kier molecular flexibility index (Phi) is 4.09. The minimum atomic E-state index is -3.53. The fourth-order valence-corrected chi connectivity index (χ4v) is 2.22. The first-order valence-electron chi connectivity index (χ1n) is 4.88. The van der Waals surface area contributed by atoms with Gasteiger partial charge in [-0.15, -0.1) is 0 Å². The van der Waals surface area contributed by atoms with Crippen LogP contribution in [0.2, 0.25) is 0 Å². The van der Waals surface area contributed by atoms with Crippen LogP contribution in [0.5, 0.6) is 0 Å². The molecule has 1 heterocycles. The summed E-state index contributed by atoms with van der Waals surface area (Å²) in [5, 5.41) is 9.13. The molecule has 1 aromatic heterocycles. The van der Waals surface area contributed by atoms with Gasteiger partial charge in [-0.1, -0.05) is 0 Å². The molecule has 2 atom stereocenters. The van der Waals surface area contributed by atoms with E-state index in [4.69, 9.17) is 10.8 Å². The highest BCUT2D eigenvalue weighted by Gasteiger charge is 2.17. The fraction of sp³-hybridized carbons (Fsp3) is 0.556. The van der Waals surface area contributed by atoms with Crippen LogP contribution in [-0.4, -0.2) is 36.8 Å². The van der Waals surface area contributed by atoms with Crippen molar-refractivity contribution in [3.05, 3.63) is 18.5 Å². The zero-order valence-corrected chi connectivity index (χ0v) is 10.1. The maximum atomic E-state index is 11.7. The normalized spacial score (nSPS) is 16.0. The summed E-state index contributed by atoms with van der Waals surface area (Å²) in [4.78, 5) is 0.188. The molecule has 1 rings (SSSR count). The summed E-state index contributed by atoms with van der Waals surface area (Å²) < 4.78 is 27.4. The number of hydrogen-bond acceptors (Lipinski definition) is 4. The molecule has 1 aromatic rings. The number of nitrogens with two attached hydrogens (primary N) is 1. The van der Waals surface area contributed by atoms with Gasteiger partial charge in [0.15, 0.2) is 0 Å². The molecular formula is C9H17N3O3S. The van der Waals surface area contributed by atoms with E-state index in [1.165, 1.54) is 19.2 Å². The number of nitrogens with one attached hydrogen (secondary N) is 1. The second-order valence-corrected chi connectivity index (χ2v) is 5.54. The van der Waals surface area contributed by atoms with Crippen LogP contribution in [0.15, 0.2) is 23.4 Å². The lowest BCUT2D eigenvalue weighted by Gasteiger charge is -2.14. The van der Waals surface area contributed by atoms with Crippen molar-refractivity contribution in [3.63, 3.8) is 0 Å². The number of sulfonamides is 1. The number of rotatable bonds is 5. The maximum Gasteiger partial charge on any atom is 0.242 e. The maximum absolute atomic E-state index is 11.7. The Labute approximate surface area is 95.1 Å². The van der Waals surface area contributed by atoms with E-state index in [0.717, 1.165) is 0 Å². The summed E-state index contributed by atoms with van der Waals surface area (Å²) >= 11 is 0.